The van der Waals surface area contributed by atoms with Crippen LogP contribution in [0.4, 0.5) is 8.78 Å². The molecular formula is C16H14BrF2NO2. The fourth-order valence-corrected chi connectivity index (χ4v) is 2.27. The number of rotatable bonds is 4. The molecule has 6 heteroatoms. The zero-order chi connectivity index (χ0) is 16.5. The van der Waals surface area contributed by atoms with Gasteiger partial charge in [0.15, 0.2) is 11.6 Å². The van der Waals surface area contributed by atoms with E-state index in [4.69, 9.17) is 0 Å². The Kier molecular flexibility index (Phi) is 4.72. The topological polar surface area (TPSA) is 50.2 Å². The molecule has 0 aliphatic rings. The number of hydrogen-bond acceptors (Lipinski definition) is 3. The second-order valence-electron chi connectivity index (χ2n) is 5.34. The molecule has 2 aromatic rings. The summed E-state index contributed by atoms with van der Waals surface area (Å²) in [5, 5.41) is 10.1. The molecule has 0 spiro atoms. The minimum absolute atomic E-state index is 0.0276. The molecule has 0 fully saturated rings. The summed E-state index contributed by atoms with van der Waals surface area (Å²) in [7, 11) is 0. The van der Waals surface area contributed by atoms with Gasteiger partial charge in [-0.2, -0.15) is 0 Å². The Bertz CT molecular complexity index is 709. The molecule has 0 saturated heterocycles. The van der Waals surface area contributed by atoms with Gasteiger partial charge in [0.25, 0.3) is 0 Å². The van der Waals surface area contributed by atoms with E-state index in [1.54, 1.807) is 0 Å². The van der Waals surface area contributed by atoms with Crippen LogP contribution in [-0.4, -0.2) is 21.2 Å². The number of nitrogens with zero attached hydrogens (tertiary/aromatic N) is 1. The largest absolute Gasteiger partial charge is 0.386 e. The van der Waals surface area contributed by atoms with Crippen LogP contribution >= 0.6 is 15.9 Å². The van der Waals surface area contributed by atoms with E-state index in [0.717, 1.165) is 0 Å². The number of halogens is 3. The highest BCUT2D eigenvalue weighted by Gasteiger charge is 2.26. The fourth-order valence-electron chi connectivity index (χ4n) is 1.98. The number of benzene rings is 1. The number of aromatic nitrogens is 1. The Morgan fingerprint density at radius 1 is 1.27 bits per heavy atom. The van der Waals surface area contributed by atoms with Gasteiger partial charge < -0.3 is 5.11 Å². The van der Waals surface area contributed by atoms with Crippen molar-refractivity contribution >= 4 is 21.7 Å². The van der Waals surface area contributed by atoms with E-state index in [1.165, 1.54) is 44.2 Å². The number of alkyl halides is 1. The number of Topliss-reactive ketones (excluding diaryl/α,β-unsaturated/α-hetero) is 1. The van der Waals surface area contributed by atoms with Gasteiger partial charge in [-0.15, -0.1) is 0 Å². The van der Waals surface area contributed by atoms with Crippen molar-refractivity contribution in [1.29, 1.82) is 0 Å². The summed E-state index contributed by atoms with van der Waals surface area (Å²) in [6, 6.07) is 6.35. The maximum Gasteiger partial charge on any atom is 0.191 e. The van der Waals surface area contributed by atoms with Gasteiger partial charge in [0.2, 0.25) is 0 Å². The molecule has 0 amide bonds. The Hall–Kier alpha value is -1.66. The number of pyridine rings is 1. The van der Waals surface area contributed by atoms with Crippen molar-refractivity contribution in [2.24, 2.45) is 0 Å². The monoisotopic (exact) mass is 369 g/mol. The van der Waals surface area contributed by atoms with Gasteiger partial charge in [-0.05, 0) is 44.2 Å². The Morgan fingerprint density at radius 2 is 1.86 bits per heavy atom. The van der Waals surface area contributed by atoms with Crippen LogP contribution in [0.1, 0.15) is 29.9 Å². The summed E-state index contributed by atoms with van der Waals surface area (Å²) < 4.78 is 27.7. The third-order valence-electron chi connectivity index (χ3n) is 3.14. The van der Waals surface area contributed by atoms with Crippen molar-refractivity contribution in [3.63, 3.8) is 0 Å². The lowest BCUT2D eigenvalue weighted by Crippen LogP contribution is -2.20. The molecule has 0 aliphatic heterocycles. The van der Waals surface area contributed by atoms with Crippen LogP contribution in [0.2, 0.25) is 0 Å². The first kappa shape index (κ1) is 16.7. The third-order valence-corrected chi connectivity index (χ3v) is 3.65. The molecule has 2 rings (SSSR count). The summed E-state index contributed by atoms with van der Waals surface area (Å²) in [5.41, 5.74) is -1.25. The van der Waals surface area contributed by atoms with Crippen molar-refractivity contribution in [2.45, 2.75) is 19.4 Å². The first-order chi connectivity index (χ1) is 10.2. The summed E-state index contributed by atoms with van der Waals surface area (Å²) in [5.74, 6) is -1.53. The quantitative estimate of drug-likeness (QED) is 0.658. The van der Waals surface area contributed by atoms with Gasteiger partial charge in [-0.1, -0.05) is 15.9 Å². The van der Waals surface area contributed by atoms with Crippen molar-refractivity contribution in [1.82, 2.24) is 4.98 Å². The van der Waals surface area contributed by atoms with E-state index in [2.05, 4.69) is 20.9 Å². The van der Waals surface area contributed by atoms with Crippen molar-refractivity contribution in [2.75, 3.05) is 5.33 Å². The summed E-state index contributed by atoms with van der Waals surface area (Å²) >= 11 is 3.04. The maximum atomic E-state index is 14.7. The van der Waals surface area contributed by atoms with Crippen molar-refractivity contribution < 1.29 is 18.7 Å². The van der Waals surface area contributed by atoms with Crippen LogP contribution in [0.15, 0.2) is 30.3 Å². The van der Waals surface area contributed by atoms with Crippen LogP contribution in [0.3, 0.4) is 0 Å². The van der Waals surface area contributed by atoms with Gasteiger partial charge in [0, 0.05) is 11.1 Å². The predicted molar refractivity (Wildman–Crippen MR) is 83.0 cm³/mol. The SMILES string of the molecule is CC(C)(O)c1cc(C(=O)CBr)nc(-c2ccc(F)cc2)c1F. The molecule has 0 radical (unpaired) electrons. The molecule has 0 bridgehead atoms. The van der Waals surface area contributed by atoms with Crippen LogP contribution < -0.4 is 0 Å². The summed E-state index contributed by atoms with van der Waals surface area (Å²) in [6.07, 6.45) is 0. The van der Waals surface area contributed by atoms with Crippen LogP contribution in [0.5, 0.6) is 0 Å². The van der Waals surface area contributed by atoms with E-state index in [-0.39, 0.29) is 28.1 Å². The van der Waals surface area contributed by atoms with Crippen LogP contribution in [0.25, 0.3) is 11.3 Å². The second-order valence-corrected chi connectivity index (χ2v) is 5.90. The minimum Gasteiger partial charge on any atom is -0.386 e. The first-order valence-electron chi connectivity index (χ1n) is 6.52. The molecular weight excluding hydrogens is 356 g/mol. The van der Waals surface area contributed by atoms with Gasteiger partial charge in [-0.25, -0.2) is 13.8 Å². The zero-order valence-corrected chi connectivity index (χ0v) is 13.6. The summed E-state index contributed by atoms with van der Waals surface area (Å²) in [6.45, 7) is 2.84. The highest BCUT2D eigenvalue weighted by Crippen LogP contribution is 2.30. The number of carbonyl (C=O) groups is 1. The van der Waals surface area contributed by atoms with Crippen LogP contribution in [0, 0.1) is 11.6 Å². The molecule has 0 unspecified atom stereocenters. The molecule has 1 aromatic heterocycles. The molecule has 0 saturated carbocycles. The number of aliphatic hydroxyl groups is 1. The van der Waals surface area contributed by atoms with Crippen molar-refractivity contribution in [3.8, 4) is 11.3 Å². The highest BCUT2D eigenvalue weighted by molar-refractivity contribution is 9.09. The lowest BCUT2D eigenvalue weighted by molar-refractivity contribution is 0.0743. The van der Waals surface area contributed by atoms with E-state index in [0.29, 0.717) is 5.56 Å². The fraction of sp³-hybridized carbons (Fsp3) is 0.250. The Balaban J connectivity index is 2.71. The van der Waals surface area contributed by atoms with Gasteiger partial charge in [0.1, 0.15) is 17.2 Å². The lowest BCUT2D eigenvalue weighted by atomic mass is 9.94. The molecule has 1 aromatic carbocycles. The number of carbonyl (C=O) groups excluding carboxylic acids is 1. The van der Waals surface area contributed by atoms with E-state index < -0.39 is 17.2 Å². The van der Waals surface area contributed by atoms with Crippen molar-refractivity contribution in [3.05, 3.63) is 53.2 Å². The maximum absolute atomic E-state index is 14.7. The number of ketones is 1. The van der Waals surface area contributed by atoms with E-state index >= 15 is 0 Å². The third kappa shape index (κ3) is 3.39. The Morgan fingerprint density at radius 3 is 2.36 bits per heavy atom. The summed E-state index contributed by atoms with van der Waals surface area (Å²) in [4.78, 5) is 15.9. The standard InChI is InChI=1S/C16H14BrF2NO2/c1-16(2,22)11-7-12(13(21)8-17)20-15(14(11)19)9-3-5-10(18)6-4-9/h3-7,22H,8H2,1-2H3. The van der Waals surface area contributed by atoms with Gasteiger partial charge in [-0.3, -0.25) is 4.79 Å². The first-order valence-corrected chi connectivity index (χ1v) is 7.64. The van der Waals surface area contributed by atoms with Gasteiger partial charge in [0.05, 0.1) is 10.9 Å². The van der Waals surface area contributed by atoms with Crippen LogP contribution in [-0.2, 0) is 5.60 Å². The zero-order valence-electron chi connectivity index (χ0n) is 12.0. The molecule has 116 valence electrons. The molecule has 1 N–H and O–H groups in total. The smallest absolute Gasteiger partial charge is 0.191 e. The molecule has 0 aliphatic carbocycles. The van der Waals surface area contributed by atoms with Gasteiger partial charge >= 0.3 is 0 Å². The predicted octanol–water partition coefficient (Wildman–Crippen LogP) is 3.83. The molecule has 22 heavy (non-hydrogen) atoms. The lowest BCUT2D eigenvalue weighted by Gasteiger charge is -2.20. The molecule has 3 nitrogen and oxygen atoms in total. The molecule has 1 heterocycles. The van der Waals surface area contributed by atoms with E-state index in [9.17, 15) is 18.7 Å². The molecule has 0 atom stereocenters. The normalized spacial score (nSPS) is 11.5. The van der Waals surface area contributed by atoms with E-state index in [1.807, 2.05) is 0 Å². The number of hydrogen-bond donors (Lipinski definition) is 1. The Labute approximate surface area is 135 Å². The average Bonchev–Trinajstić information content (AvgIpc) is 2.46. The average molecular weight is 370 g/mol. The highest BCUT2D eigenvalue weighted by atomic mass is 79.9. The minimum atomic E-state index is -1.48. The second kappa shape index (κ2) is 6.22.